The van der Waals surface area contributed by atoms with Crippen LogP contribution in [0.15, 0.2) is 34.9 Å². The van der Waals surface area contributed by atoms with Gasteiger partial charge in [0.05, 0.1) is 0 Å². The Morgan fingerprint density at radius 3 is 2.90 bits per heavy atom. The zero-order valence-electron chi connectivity index (χ0n) is 11.1. The first kappa shape index (κ1) is 13.1. The molecular formula is C15H14BrN3O. The third-order valence-electron chi connectivity index (χ3n) is 3.60. The third kappa shape index (κ3) is 2.18. The lowest BCUT2D eigenvalue weighted by atomic mass is 9.94. The van der Waals surface area contributed by atoms with E-state index in [0.717, 1.165) is 39.7 Å². The van der Waals surface area contributed by atoms with Crippen LogP contribution in [0.4, 0.5) is 5.82 Å². The van der Waals surface area contributed by atoms with Crippen LogP contribution in [-0.4, -0.2) is 29.4 Å². The Morgan fingerprint density at radius 1 is 1.30 bits per heavy atom. The highest BCUT2D eigenvalue weighted by Crippen LogP contribution is 2.30. The van der Waals surface area contributed by atoms with Gasteiger partial charge in [0.1, 0.15) is 5.82 Å². The summed E-state index contributed by atoms with van der Waals surface area (Å²) in [5, 5.41) is 0. The second kappa shape index (κ2) is 4.90. The van der Waals surface area contributed by atoms with Crippen LogP contribution in [-0.2, 0) is 6.42 Å². The molecule has 102 valence electrons. The number of halogens is 1. The van der Waals surface area contributed by atoms with Crippen molar-refractivity contribution in [3.05, 3.63) is 46.1 Å². The molecule has 0 saturated carbocycles. The van der Waals surface area contributed by atoms with Gasteiger partial charge >= 0.3 is 0 Å². The van der Waals surface area contributed by atoms with Crippen LogP contribution in [0, 0.1) is 0 Å². The molecule has 0 bridgehead atoms. The first-order valence-corrected chi connectivity index (χ1v) is 7.15. The number of hydrogen-bond donors (Lipinski definition) is 1. The Balaban J connectivity index is 2.09. The number of hydrogen-bond acceptors (Lipinski definition) is 3. The number of nitrogens with zero attached hydrogens (tertiary/aromatic N) is 2. The molecule has 2 aromatic rings. The van der Waals surface area contributed by atoms with Crippen molar-refractivity contribution < 1.29 is 4.79 Å². The molecule has 0 aliphatic carbocycles. The van der Waals surface area contributed by atoms with Gasteiger partial charge in [0.15, 0.2) is 0 Å². The first-order valence-electron chi connectivity index (χ1n) is 6.36. The van der Waals surface area contributed by atoms with Gasteiger partial charge in [-0.05, 0) is 45.6 Å². The molecule has 0 fully saturated rings. The van der Waals surface area contributed by atoms with Crippen LogP contribution >= 0.6 is 15.9 Å². The van der Waals surface area contributed by atoms with Gasteiger partial charge in [0.25, 0.3) is 5.91 Å². The fourth-order valence-electron chi connectivity index (χ4n) is 2.45. The van der Waals surface area contributed by atoms with Gasteiger partial charge in [-0.3, -0.25) is 4.79 Å². The Kier molecular flexibility index (Phi) is 3.22. The van der Waals surface area contributed by atoms with Gasteiger partial charge < -0.3 is 10.6 Å². The van der Waals surface area contributed by atoms with Gasteiger partial charge in [-0.1, -0.05) is 12.1 Å². The van der Waals surface area contributed by atoms with E-state index in [2.05, 4.69) is 20.9 Å². The summed E-state index contributed by atoms with van der Waals surface area (Å²) in [5.41, 5.74) is 9.67. The number of fused-ring (bicyclic) bond motifs is 1. The monoisotopic (exact) mass is 331 g/mol. The molecule has 4 nitrogen and oxygen atoms in total. The topological polar surface area (TPSA) is 59.2 Å². The molecule has 3 rings (SSSR count). The second-order valence-electron chi connectivity index (χ2n) is 4.93. The SMILES string of the molecule is CN1CCc2cc(-c3cc(Br)cnc3N)ccc2C1=O. The van der Waals surface area contributed by atoms with Crippen LogP contribution in [0.3, 0.4) is 0 Å². The number of likely N-dealkylation sites (N-methyl/N-ethyl adjacent to an activating group) is 1. The summed E-state index contributed by atoms with van der Waals surface area (Å²) < 4.78 is 0.884. The van der Waals surface area contributed by atoms with E-state index < -0.39 is 0 Å². The Hall–Kier alpha value is -1.88. The lowest BCUT2D eigenvalue weighted by molar-refractivity contribution is 0.0781. The molecule has 20 heavy (non-hydrogen) atoms. The lowest BCUT2D eigenvalue weighted by Crippen LogP contribution is -2.34. The number of carbonyl (C=O) groups is 1. The maximum atomic E-state index is 12.1. The molecule has 0 atom stereocenters. The van der Waals surface area contributed by atoms with Crippen molar-refractivity contribution in [2.75, 3.05) is 19.3 Å². The van der Waals surface area contributed by atoms with Gasteiger partial charge in [0, 0.05) is 35.4 Å². The number of aromatic nitrogens is 1. The minimum atomic E-state index is 0.0816. The maximum Gasteiger partial charge on any atom is 0.253 e. The van der Waals surface area contributed by atoms with Crippen molar-refractivity contribution in [3.8, 4) is 11.1 Å². The largest absolute Gasteiger partial charge is 0.383 e. The van der Waals surface area contributed by atoms with E-state index in [9.17, 15) is 4.79 Å². The summed E-state index contributed by atoms with van der Waals surface area (Å²) in [6.07, 6.45) is 2.54. The summed E-state index contributed by atoms with van der Waals surface area (Å²) in [6.45, 7) is 0.751. The number of nitrogen functional groups attached to an aromatic ring is 1. The molecule has 5 heteroatoms. The zero-order valence-corrected chi connectivity index (χ0v) is 12.6. The van der Waals surface area contributed by atoms with Crippen LogP contribution in [0.2, 0.25) is 0 Å². The number of pyridine rings is 1. The van der Waals surface area contributed by atoms with Crippen LogP contribution in [0.25, 0.3) is 11.1 Å². The lowest BCUT2D eigenvalue weighted by Gasteiger charge is -2.25. The van der Waals surface area contributed by atoms with Crippen LogP contribution in [0.1, 0.15) is 15.9 Å². The molecule has 1 aromatic carbocycles. The summed E-state index contributed by atoms with van der Waals surface area (Å²) in [6, 6.07) is 7.79. The van der Waals surface area contributed by atoms with E-state index in [1.807, 2.05) is 31.3 Å². The van der Waals surface area contributed by atoms with E-state index in [1.165, 1.54) is 0 Å². The highest BCUT2D eigenvalue weighted by molar-refractivity contribution is 9.10. The molecule has 0 spiro atoms. The van der Waals surface area contributed by atoms with E-state index >= 15 is 0 Å². The van der Waals surface area contributed by atoms with Crippen molar-refractivity contribution in [2.24, 2.45) is 0 Å². The standard InChI is InChI=1S/C15H14BrN3O/c1-19-5-4-10-6-9(2-3-12(10)15(19)20)13-7-11(16)8-18-14(13)17/h2-3,6-8H,4-5H2,1H3,(H2,17,18). The highest BCUT2D eigenvalue weighted by atomic mass is 79.9. The number of rotatable bonds is 1. The molecule has 2 N–H and O–H groups in total. The molecular weight excluding hydrogens is 318 g/mol. The fraction of sp³-hybridized carbons (Fsp3) is 0.200. The van der Waals surface area contributed by atoms with Crippen LogP contribution in [0.5, 0.6) is 0 Å². The van der Waals surface area contributed by atoms with Gasteiger partial charge in [0.2, 0.25) is 0 Å². The minimum Gasteiger partial charge on any atom is -0.383 e. The fourth-order valence-corrected chi connectivity index (χ4v) is 2.78. The molecule has 1 amide bonds. The van der Waals surface area contributed by atoms with Crippen molar-refractivity contribution in [3.63, 3.8) is 0 Å². The Labute approximate surface area is 125 Å². The normalized spacial score (nSPS) is 14.3. The van der Waals surface area contributed by atoms with Crippen molar-refractivity contribution in [1.82, 2.24) is 9.88 Å². The van der Waals surface area contributed by atoms with Crippen molar-refractivity contribution in [2.45, 2.75) is 6.42 Å². The zero-order chi connectivity index (χ0) is 14.3. The number of nitrogens with two attached hydrogens (primary N) is 1. The van der Waals surface area contributed by atoms with E-state index in [-0.39, 0.29) is 5.91 Å². The smallest absolute Gasteiger partial charge is 0.253 e. The number of anilines is 1. The predicted octanol–water partition coefficient (Wildman–Crippen LogP) is 2.72. The number of carbonyl (C=O) groups excluding carboxylic acids is 1. The summed E-state index contributed by atoms with van der Waals surface area (Å²) >= 11 is 3.41. The Bertz CT molecular complexity index is 700. The molecule has 0 radical (unpaired) electrons. The average molecular weight is 332 g/mol. The minimum absolute atomic E-state index is 0.0816. The Morgan fingerprint density at radius 2 is 2.10 bits per heavy atom. The number of amides is 1. The van der Waals surface area contributed by atoms with Crippen molar-refractivity contribution in [1.29, 1.82) is 0 Å². The summed E-state index contributed by atoms with van der Waals surface area (Å²) in [5.74, 6) is 0.575. The third-order valence-corrected chi connectivity index (χ3v) is 4.03. The van der Waals surface area contributed by atoms with Gasteiger partial charge in [-0.2, -0.15) is 0 Å². The quantitative estimate of drug-likeness (QED) is 0.874. The van der Waals surface area contributed by atoms with E-state index in [0.29, 0.717) is 5.82 Å². The molecule has 0 saturated heterocycles. The van der Waals surface area contributed by atoms with E-state index in [1.54, 1.807) is 11.1 Å². The summed E-state index contributed by atoms with van der Waals surface area (Å²) in [7, 11) is 1.83. The molecule has 0 unspecified atom stereocenters. The first-order chi connectivity index (χ1) is 9.56. The number of benzene rings is 1. The summed E-state index contributed by atoms with van der Waals surface area (Å²) in [4.78, 5) is 18.0. The molecule has 1 aliphatic heterocycles. The average Bonchev–Trinajstić information content (AvgIpc) is 2.45. The van der Waals surface area contributed by atoms with Crippen molar-refractivity contribution >= 4 is 27.7 Å². The predicted molar refractivity (Wildman–Crippen MR) is 82.4 cm³/mol. The second-order valence-corrected chi connectivity index (χ2v) is 5.85. The maximum absolute atomic E-state index is 12.1. The van der Waals surface area contributed by atoms with Crippen LogP contribution < -0.4 is 5.73 Å². The molecule has 1 aromatic heterocycles. The van der Waals surface area contributed by atoms with E-state index in [4.69, 9.17) is 5.73 Å². The van der Waals surface area contributed by atoms with Gasteiger partial charge in [-0.25, -0.2) is 4.98 Å². The highest BCUT2D eigenvalue weighted by Gasteiger charge is 2.21. The van der Waals surface area contributed by atoms with Gasteiger partial charge in [-0.15, -0.1) is 0 Å². The molecule has 2 heterocycles. The molecule has 1 aliphatic rings.